The monoisotopic (exact) mass is 453 g/mol. The summed E-state index contributed by atoms with van der Waals surface area (Å²) in [5.41, 5.74) is 9.10. The molecule has 0 aliphatic carbocycles. The first-order valence-electron chi connectivity index (χ1n) is 11.0. The van der Waals surface area contributed by atoms with E-state index in [9.17, 15) is 4.79 Å². The average Bonchev–Trinajstić information content (AvgIpc) is 3.48. The van der Waals surface area contributed by atoms with Gasteiger partial charge in [-0.25, -0.2) is 14.6 Å². The molecule has 1 saturated heterocycles. The van der Waals surface area contributed by atoms with Gasteiger partial charge >= 0.3 is 0 Å². The van der Waals surface area contributed by atoms with Crippen molar-refractivity contribution in [1.29, 1.82) is 0 Å². The zero-order valence-electron chi connectivity index (χ0n) is 18.5. The van der Waals surface area contributed by atoms with E-state index in [1.165, 1.54) is 12.4 Å². The van der Waals surface area contributed by atoms with E-state index in [0.717, 1.165) is 24.0 Å². The van der Waals surface area contributed by atoms with E-state index in [-0.39, 0.29) is 11.9 Å². The molecule has 1 amide bonds. The molecule has 2 N–H and O–H groups in total. The molecule has 1 atom stereocenters. The first-order valence-corrected chi connectivity index (χ1v) is 11.0. The summed E-state index contributed by atoms with van der Waals surface area (Å²) in [4.78, 5) is 26.6. The molecule has 0 aromatic carbocycles. The Bertz CT molecular complexity index is 1410. The van der Waals surface area contributed by atoms with Gasteiger partial charge in [0, 0.05) is 31.7 Å². The summed E-state index contributed by atoms with van der Waals surface area (Å²) in [6, 6.07) is 3.86. The Morgan fingerprint density at radius 1 is 1.29 bits per heavy atom. The van der Waals surface area contributed by atoms with E-state index in [4.69, 9.17) is 10.8 Å². The summed E-state index contributed by atoms with van der Waals surface area (Å²) in [6.07, 6.45) is 11.6. The standard InChI is InChI=1S/C24H23N9O/c1-2-21(34)31-10-4-6-19(15-31)33-24-22(23(25)27-16-28-24)20(30-33)8-7-18-12-29-32(14-18)13-17-5-3-9-26-11-17/h2-3,5,9,11-12,14,16,19H,1,4,6,10,13,15H2,(H2,25,27,28)/t19-/m1/s1. The number of carbonyl (C=O) groups is 1. The molecule has 10 heteroatoms. The summed E-state index contributed by atoms with van der Waals surface area (Å²) in [6.45, 7) is 5.43. The summed E-state index contributed by atoms with van der Waals surface area (Å²) < 4.78 is 3.63. The predicted octanol–water partition coefficient (Wildman–Crippen LogP) is 1.80. The number of piperidine rings is 1. The minimum atomic E-state index is -0.0846. The molecule has 170 valence electrons. The number of nitrogens with zero attached hydrogens (tertiary/aromatic N) is 8. The highest BCUT2D eigenvalue weighted by molar-refractivity contribution is 5.90. The van der Waals surface area contributed by atoms with Crippen LogP contribution in [0.15, 0.2) is 55.9 Å². The van der Waals surface area contributed by atoms with Gasteiger partial charge in [0.15, 0.2) is 5.65 Å². The van der Waals surface area contributed by atoms with Crippen LogP contribution in [0.5, 0.6) is 0 Å². The molecule has 4 aromatic rings. The topological polar surface area (TPSA) is 121 Å². The van der Waals surface area contributed by atoms with Crippen molar-refractivity contribution < 1.29 is 4.79 Å². The van der Waals surface area contributed by atoms with Crippen molar-refractivity contribution in [3.8, 4) is 11.8 Å². The Balaban J connectivity index is 1.45. The predicted molar refractivity (Wildman–Crippen MR) is 126 cm³/mol. The number of likely N-dealkylation sites (tertiary alicyclic amines) is 1. The van der Waals surface area contributed by atoms with Crippen molar-refractivity contribution in [2.75, 3.05) is 18.8 Å². The van der Waals surface area contributed by atoms with Crippen molar-refractivity contribution in [2.24, 2.45) is 0 Å². The Morgan fingerprint density at radius 3 is 3.03 bits per heavy atom. The molecule has 0 saturated carbocycles. The third-order valence-electron chi connectivity index (χ3n) is 5.77. The number of fused-ring (bicyclic) bond motifs is 1. The van der Waals surface area contributed by atoms with Gasteiger partial charge in [-0.05, 0) is 36.5 Å². The van der Waals surface area contributed by atoms with Crippen LogP contribution in [0.1, 0.15) is 35.7 Å². The molecule has 0 spiro atoms. The highest BCUT2D eigenvalue weighted by Crippen LogP contribution is 2.28. The lowest BCUT2D eigenvalue weighted by Gasteiger charge is -2.32. The molecule has 5 rings (SSSR count). The van der Waals surface area contributed by atoms with Gasteiger partial charge in [-0.2, -0.15) is 10.2 Å². The number of nitrogens with two attached hydrogens (primary N) is 1. The number of hydrogen-bond donors (Lipinski definition) is 1. The van der Waals surface area contributed by atoms with E-state index in [1.807, 2.05) is 33.9 Å². The van der Waals surface area contributed by atoms with Crippen molar-refractivity contribution >= 4 is 22.8 Å². The zero-order chi connectivity index (χ0) is 23.5. The maximum Gasteiger partial charge on any atom is 0.246 e. The maximum absolute atomic E-state index is 12.1. The third kappa shape index (κ3) is 4.23. The van der Waals surface area contributed by atoms with E-state index in [2.05, 4.69) is 38.5 Å². The quantitative estimate of drug-likeness (QED) is 0.369. The highest BCUT2D eigenvalue weighted by atomic mass is 16.2. The molecule has 5 heterocycles. The summed E-state index contributed by atoms with van der Waals surface area (Å²) in [5, 5.41) is 9.74. The summed E-state index contributed by atoms with van der Waals surface area (Å²) in [5.74, 6) is 6.48. The summed E-state index contributed by atoms with van der Waals surface area (Å²) in [7, 11) is 0. The maximum atomic E-state index is 12.1. The van der Waals surface area contributed by atoms with Gasteiger partial charge < -0.3 is 10.6 Å². The molecule has 1 fully saturated rings. The van der Waals surface area contributed by atoms with Gasteiger partial charge in [0.25, 0.3) is 0 Å². The van der Waals surface area contributed by atoms with E-state index < -0.39 is 0 Å². The van der Waals surface area contributed by atoms with Crippen LogP contribution >= 0.6 is 0 Å². The molecule has 0 bridgehead atoms. The van der Waals surface area contributed by atoms with E-state index in [1.54, 1.807) is 17.3 Å². The highest BCUT2D eigenvalue weighted by Gasteiger charge is 2.27. The van der Waals surface area contributed by atoms with Crippen molar-refractivity contribution in [3.63, 3.8) is 0 Å². The van der Waals surface area contributed by atoms with Crippen molar-refractivity contribution in [2.45, 2.75) is 25.4 Å². The van der Waals surface area contributed by atoms with Crippen LogP contribution in [0.2, 0.25) is 0 Å². The van der Waals surface area contributed by atoms with Crippen LogP contribution < -0.4 is 5.73 Å². The minimum Gasteiger partial charge on any atom is -0.383 e. The molecule has 1 aliphatic heterocycles. The number of amides is 1. The van der Waals surface area contributed by atoms with Gasteiger partial charge in [-0.3, -0.25) is 14.5 Å². The Morgan fingerprint density at radius 2 is 2.21 bits per heavy atom. The van der Waals surface area contributed by atoms with Crippen molar-refractivity contribution in [1.82, 2.24) is 39.4 Å². The number of pyridine rings is 1. The Hall–Kier alpha value is -4.52. The van der Waals surface area contributed by atoms with Crippen LogP contribution in [0.25, 0.3) is 11.0 Å². The first kappa shape index (κ1) is 21.3. The number of rotatable bonds is 4. The normalized spacial score (nSPS) is 15.6. The Kier molecular flexibility index (Phi) is 5.74. The molecular weight excluding hydrogens is 430 g/mol. The van der Waals surface area contributed by atoms with Gasteiger partial charge in [-0.15, -0.1) is 0 Å². The average molecular weight is 454 g/mol. The fourth-order valence-corrected chi connectivity index (χ4v) is 4.15. The lowest BCUT2D eigenvalue weighted by molar-refractivity contribution is -0.127. The lowest BCUT2D eigenvalue weighted by atomic mass is 10.1. The SMILES string of the molecule is C=CC(=O)N1CCC[C@@H](n2nc(C#Cc3cnn(Cc4cccnc4)c3)c3c(N)ncnc32)C1. The summed E-state index contributed by atoms with van der Waals surface area (Å²) >= 11 is 0. The number of hydrogen-bond acceptors (Lipinski definition) is 7. The molecule has 4 aromatic heterocycles. The van der Waals surface area contributed by atoms with Gasteiger partial charge in [0.05, 0.1) is 29.7 Å². The second-order valence-corrected chi connectivity index (χ2v) is 8.07. The van der Waals surface area contributed by atoms with Crippen LogP contribution in [-0.2, 0) is 11.3 Å². The molecule has 0 radical (unpaired) electrons. The number of anilines is 1. The first-order chi connectivity index (χ1) is 16.6. The third-order valence-corrected chi connectivity index (χ3v) is 5.77. The second kappa shape index (κ2) is 9.15. The van der Waals surface area contributed by atoms with Crippen LogP contribution in [0.4, 0.5) is 5.82 Å². The van der Waals surface area contributed by atoms with Gasteiger partial charge in [0.1, 0.15) is 17.8 Å². The second-order valence-electron chi connectivity index (χ2n) is 8.07. The minimum absolute atomic E-state index is 0.0350. The number of nitrogen functional groups attached to an aromatic ring is 1. The zero-order valence-corrected chi connectivity index (χ0v) is 18.5. The number of carbonyl (C=O) groups excluding carboxylic acids is 1. The largest absolute Gasteiger partial charge is 0.383 e. The van der Waals surface area contributed by atoms with Gasteiger partial charge in [0.2, 0.25) is 5.91 Å². The van der Waals surface area contributed by atoms with E-state index in [0.29, 0.717) is 42.2 Å². The fourth-order valence-electron chi connectivity index (χ4n) is 4.15. The molecule has 0 unspecified atom stereocenters. The molecule has 10 nitrogen and oxygen atoms in total. The van der Waals surface area contributed by atoms with Crippen LogP contribution in [0, 0.1) is 11.8 Å². The van der Waals surface area contributed by atoms with Gasteiger partial charge in [-0.1, -0.05) is 18.6 Å². The Labute approximate surface area is 196 Å². The molecule has 34 heavy (non-hydrogen) atoms. The van der Waals surface area contributed by atoms with Crippen LogP contribution in [-0.4, -0.2) is 58.4 Å². The lowest BCUT2D eigenvalue weighted by Crippen LogP contribution is -2.40. The van der Waals surface area contributed by atoms with Crippen molar-refractivity contribution in [3.05, 3.63) is 72.7 Å². The molecule has 1 aliphatic rings. The smallest absolute Gasteiger partial charge is 0.246 e. The fraction of sp³-hybridized carbons (Fsp3) is 0.250. The van der Waals surface area contributed by atoms with E-state index >= 15 is 0 Å². The van der Waals surface area contributed by atoms with Crippen LogP contribution in [0.3, 0.4) is 0 Å². The number of aromatic nitrogens is 7. The molecular formula is C24H23N9O.